The highest BCUT2D eigenvalue weighted by Gasteiger charge is 2.29. The molecule has 0 aromatic heterocycles. The molecule has 0 unspecified atom stereocenters. The number of hydrogen-bond acceptors (Lipinski definition) is 3. The van der Waals surface area contributed by atoms with Crippen LogP contribution >= 0.6 is 0 Å². The summed E-state index contributed by atoms with van der Waals surface area (Å²) >= 11 is 0. The molecule has 1 aliphatic rings. The standard InChI is InChI=1S/C12H13NO4/c1-12(2)6-10(14)13-8-4-3-7(11(15)16)5-9(8)17-12/h3-5H,6H2,1-2H3,(H,13,14)(H,15,16). The Hall–Kier alpha value is -2.04. The van der Waals surface area contributed by atoms with Gasteiger partial charge in [-0.05, 0) is 32.0 Å². The van der Waals surface area contributed by atoms with E-state index >= 15 is 0 Å². The Bertz CT molecular complexity index is 493. The number of carbonyl (C=O) groups is 2. The lowest BCUT2D eigenvalue weighted by atomic mass is 10.1. The highest BCUT2D eigenvalue weighted by Crippen LogP contribution is 2.33. The maximum atomic E-state index is 11.6. The highest BCUT2D eigenvalue weighted by molar-refractivity contribution is 5.95. The third-order valence-corrected chi connectivity index (χ3v) is 2.48. The van der Waals surface area contributed by atoms with Gasteiger partial charge in [0.25, 0.3) is 0 Å². The molecule has 17 heavy (non-hydrogen) atoms. The van der Waals surface area contributed by atoms with Crippen LogP contribution in [0.5, 0.6) is 5.75 Å². The largest absolute Gasteiger partial charge is 0.485 e. The van der Waals surface area contributed by atoms with Crippen molar-refractivity contribution in [3.8, 4) is 5.75 Å². The Morgan fingerprint density at radius 2 is 2.18 bits per heavy atom. The van der Waals surface area contributed by atoms with Crippen molar-refractivity contribution in [1.82, 2.24) is 0 Å². The number of fused-ring (bicyclic) bond motifs is 1. The normalized spacial score (nSPS) is 17.4. The fourth-order valence-electron chi connectivity index (χ4n) is 1.76. The van der Waals surface area contributed by atoms with Crippen molar-refractivity contribution in [3.63, 3.8) is 0 Å². The van der Waals surface area contributed by atoms with Crippen LogP contribution in [0.1, 0.15) is 30.6 Å². The number of anilines is 1. The van der Waals surface area contributed by atoms with Crippen LogP contribution in [0.15, 0.2) is 18.2 Å². The molecule has 0 atom stereocenters. The van der Waals surface area contributed by atoms with E-state index in [0.29, 0.717) is 11.4 Å². The summed E-state index contributed by atoms with van der Waals surface area (Å²) in [7, 11) is 0. The Morgan fingerprint density at radius 1 is 1.47 bits per heavy atom. The summed E-state index contributed by atoms with van der Waals surface area (Å²) < 4.78 is 5.66. The number of nitrogens with one attached hydrogen (secondary N) is 1. The number of rotatable bonds is 1. The Labute approximate surface area is 98.4 Å². The number of carboxylic acid groups (broad SMARTS) is 1. The van der Waals surface area contributed by atoms with Crippen LogP contribution in [0.25, 0.3) is 0 Å². The Balaban J connectivity index is 2.47. The molecule has 5 nitrogen and oxygen atoms in total. The van der Waals surface area contributed by atoms with Gasteiger partial charge in [-0.2, -0.15) is 0 Å². The molecule has 1 aliphatic heterocycles. The number of aromatic carboxylic acids is 1. The number of carbonyl (C=O) groups excluding carboxylic acids is 1. The first-order valence-electron chi connectivity index (χ1n) is 5.24. The fraction of sp³-hybridized carbons (Fsp3) is 0.333. The quantitative estimate of drug-likeness (QED) is 0.779. The van der Waals surface area contributed by atoms with E-state index in [0.717, 1.165) is 0 Å². The summed E-state index contributed by atoms with van der Waals surface area (Å²) in [6, 6.07) is 4.40. The number of amides is 1. The van der Waals surface area contributed by atoms with Gasteiger partial charge in [-0.1, -0.05) is 0 Å². The zero-order valence-electron chi connectivity index (χ0n) is 9.61. The first-order chi connectivity index (χ1) is 7.87. The second kappa shape index (κ2) is 3.76. The first kappa shape index (κ1) is 11.4. The summed E-state index contributed by atoms with van der Waals surface area (Å²) in [5.41, 5.74) is -0.00630. The van der Waals surface area contributed by atoms with Gasteiger partial charge in [-0.3, -0.25) is 4.79 Å². The monoisotopic (exact) mass is 235 g/mol. The maximum Gasteiger partial charge on any atom is 0.335 e. The summed E-state index contributed by atoms with van der Waals surface area (Å²) in [5.74, 6) is -0.776. The molecule has 90 valence electrons. The summed E-state index contributed by atoms with van der Waals surface area (Å²) in [6.45, 7) is 3.57. The number of carboxylic acids is 1. The molecule has 0 fully saturated rings. The van der Waals surface area contributed by atoms with E-state index in [9.17, 15) is 9.59 Å². The van der Waals surface area contributed by atoms with Crippen LogP contribution in [0.2, 0.25) is 0 Å². The van der Waals surface area contributed by atoms with Crippen molar-refractivity contribution in [2.75, 3.05) is 5.32 Å². The van der Waals surface area contributed by atoms with Crippen LogP contribution in [-0.4, -0.2) is 22.6 Å². The van der Waals surface area contributed by atoms with Crippen molar-refractivity contribution < 1.29 is 19.4 Å². The lowest BCUT2D eigenvalue weighted by molar-refractivity contribution is -0.118. The van der Waals surface area contributed by atoms with Crippen molar-refractivity contribution in [2.45, 2.75) is 25.9 Å². The SMILES string of the molecule is CC1(C)CC(=O)Nc2ccc(C(=O)O)cc2O1. The summed E-state index contributed by atoms with van der Waals surface area (Å²) in [6.07, 6.45) is 0.226. The van der Waals surface area contributed by atoms with Crippen molar-refractivity contribution >= 4 is 17.6 Å². The average Bonchev–Trinajstić information content (AvgIpc) is 2.29. The number of ether oxygens (including phenoxy) is 1. The van der Waals surface area contributed by atoms with E-state index in [4.69, 9.17) is 9.84 Å². The van der Waals surface area contributed by atoms with Crippen molar-refractivity contribution in [2.24, 2.45) is 0 Å². The molecule has 0 saturated carbocycles. The van der Waals surface area contributed by atoms with Crippen LogP contribution in [0.3, 0.4) is 0 Å². The van der Waals surface area contributed by atoms with Gasteiger partial charge in [-0.25, -0.2) is 4.79 Å². The number of hydrogen-bond donors (Lipinski definition) is 2. The van der Waals surface area contributed by atoms with Crippen LogP contribution < -0.4 is 10.1 Å². The Kier molecular flexibility index (Phi) is 2.53. The van der Waals surface area contributed by atoms with Gasteiger partial charge in [0.1, 0.15) is 11.4 Å². The minimum atomic E-state index is -1.02. The third kappa shape index (κ3) is 2.38. The lowest BCUT2D eigenvalue weighted by Crippen LogP contribution is -2.30. The minimum absolute atomic E-state index is 0.135. The maximum absolute atomic E-state index is 11.6. The lowest BCUT2D eigenvalue weighted by Gasteiger charge is -2.23. The number of benzene rings is 1. The van der Waals surface area contributed by atoms with Gasteiger partial charge >= 0.3 is 5.97 Å². The van der Waals surface area contributed by atoms with E-state index < -0.39 is 11.6 Å². The van der Waals surface area contributed by atoms with Gasteiger partial charge < -0.3 is 15.2 Å². The van der Waals surface area contributed by atoms with Crippen LogP contribution in [0, 0.1) is 0 Å². The molecular weight excluding hydrogens is 222 g/mol. The molecule has 1 amide bonds. The van der Waals surface area contributed by atoms with Crippen LogP contribution in [0.4, 0.5) is 5.69 Å². The minimum Gasteiger partial charge on any atom is -0.485 e. The predicted octanol–water partition coefficient (Wildman–Crippen LogP) is 1.88. The zero-order chi connectivity index (χ0) is 12.6. The fourth-order valence-corrected chi connectivity index (χ4v) is 1.76. The van der Waals surface area contributed by atoms with E-state index in [-0.39, 0.29) is 17.9 Å². The molecule has 5 heteroatoms. The predicted molar refractivity (Wildman–Crippen MR) is 61.4 cm³/mol. The van der Waals surface area contributed by atoms with Gasteiger partial charge in [-0.15, -0.1) is 0 Å². The average molecular weight is 235 g/mol. The first-order valence-corrected chi connectivity index (χ1v) is 5.24. The molecule has 1 aromatic carbocycles. The second-order valence-corrected chi connectivity index (χ2v) is 4.60. The van der Waals surface area contributed by atoms with Gasteiger partial charge in [0.05, 0.1) is 17.7 Å². The van der Waals surface area contributed by atoms with E-state index in [1.165, 1.54) is 18.2 Å². The van der Waals surface area contributed by atoms with Gasteiger partial charge in [0.15, 0.2) is 0 Å². The van der Waals surface area contributed by atoms with E-state index in [1.807, 2.05) is 0 Å². The molecule has 2 N–H and O–H groups in total. The topological polar surface area (TPSA) is 75.6 Å². The molecule has 1 heterocycles. The highest BCUT2D eigenvalue weighted by atomic mass is 16.5. The second-order valence-electron chi connectivity index (χ2n) is 4.60. The molecule has 0 bridgehead atoms. The molecule has 0 spiro atoms. The van der Waals surface area contributed by atoms with Crippen LogP contribution in [-0.2, 0) is 4.79 Å². The zero-order valence-corrected chi connectivity index (χ0v) is 9.61. The molecular formula is C12H13NO4. The summed E-state index contributed by atoms with van der Waals surface area (Å²) in [5, 5.41) is 11.6. The van der Waals surface area contributed by atoms with Gasteiger partial charge in [0.2, 0.25) is 5.91 Å². The molecule has 2 rings (SSSR count). The Morgan fingerprint density at radius 3 is 2.82 bits per heavy atom. The molecule has 0 aliphatic carbocycles. The molecule has 1 aromatic rings. The smallest absolute Gasteiger partial charge is 0.335 e. The van der Waals surface area contributed by atoms with E-state index in [1.54, 1.807) is 13.8 Å². The molecule has 0 radical (unpaired) electrons. The van der Waals surface area contributed by atoms with Gasteiger partial charge in [0, 0.05) is 0 Å². The van der Waals surface area contributed by atoms with Crippen molar-refractivity contribution in [1.29, 1.82) is 0 Å². The van der Waals surface area contributed by atoms with Crippen molar-refractivity contribution in [3.05, 3.63) is 23.8 Å². The summed E-state index contributed by atoms with van der Waals surface area (Å²) in [4.78, 5) is 22.4. The van der Waals surface area contributed by atoms with E-state index in [2.05, 4.69) is 5.32 Å². The third-order valence-electron chi connectivity index (χ3n) is 2.48. The molecule has 0 saturated heterocycles.